The van der Waals surface area contributed by atoms with E-state index in [2.05, 4.69) is 28.1 Å². The molecule has 2 amide bonds. The molecule has 1 aliphatic rings. The molecule has 10 heteroatoms. The van der Waals surface area contributed by atoms with Gasteiger partial charge >= 0.3 is 5.97 Å². The van der Waals surface area contributed by atoms with Crippen molar-refractivity contribution >= 4 is 46.8 Å². The molecular formula is C29H34ClN5O4. The molecule has 4 rings (SSSR count). The first kappa shape index (κ1) is 29.6. The lowest BCUT2D eigenvalue weighted by molar-refractivity contribution is -0.137. The summed E-state index contributed by atoms with van der Waals surface area (Å²) in [6, 6.07) is 18.3. The average Bonchev–Trinajstić information content (AvgIpc) is 3.23. The van der Waals surface area contributed by atoms with E-state index in [0.29, 0.717) is 18.4 Å². The summed E-state index contributed by atoms with van der Waals surface area (Å²) in [5, 5.41) is 27.6. The van der Waals surface area contributed by atoms with Gasteiger partial charge in [-0.1, -0.05) is 74.5 Å². The third kappa shape index (κ3) is 6.74. The normalized spacial score (nSPS) is 14.2. The van der Waals surface area contributed by atoms with Crippen LogP contribution in [0.4, 0.5) is 0 Å². The molecule has 0 heterocycles. The van der Waals surface area contributed by atoms with Crippen molar-refractivity contribution in [3.8, 4) is 0 Å². The molecule has 1 aliphatic carbocycles. The fraction of sp³-hybridized carbons (Fsp3) is 0.310. The van der Waals surface area contributed by atoms with Crippen LogP contribution in [0.1, 0.15) is 36.1 Å². The Balaban J connectivity index is 0.00000420. The molecule has 39 heavy (non-hydrogen) atoms. The van der Waals surface area contributed by atoms with Gasteiger partial charge in [0.05, 0.1) is 12.6 Å². The van der Waals surface area contributed by atoms with E-state index in [4.69, 9.17) is 16.2 Å². The Hall–Kier alpha value is -3.95. The summed E-state index contributed by atoms with van der Waals surface area (Å²) < 4.78 is 0. The van der Waals surface area contributed by atoms with E-state index in [0.717, 1.165) is 27.5 Å². The number of carboxylic acids is 1. The molecule has 0 aromatic heterocycles. The molecule has 0 saturated heterocycles. The lowest BCUT2D eigenvalue weighted by atomic mass is 9.92. The van der Waals surface area contributed by atoms with Gasteiger partial charge in [-0.25, -0.2) is 0 Å². The fourth-order valence-corrected chi connectivity index (χ4v) is 4.98. The van der Waals surface area contributed by atoms with E-state index < -0.39 is 23.5 Å². The van der Waals surface area contributed by atoms with Crippen LogP contribution in [0.15, 0.2) is 60.7 Å². The Kier molecular flexibility index (Phi) is 9.32. The number of amidine groups is 1. The lowest BCUT2D eigenvalue weighted by Crippen LogP contribution is -2.63. The number of carboxylic acid groups (broad SMARTS) is 1. The highest BCUT2D eigenvalue weighted by Crippen LogP contribution is 2.34. The Bertz CT molecular complexity index is 1350. The molecule has 0 saturated carbocycles. The summed E-state index contributed by atoms with van der Waals surface area (Å²) in [4.78, 5) is 38.4. The minimum Gasteiger partial charge on any atom is -0.480 e. The number of nitrogens with two attached hydrogens (primary N) is 1. The molecule has 0 aliphatic heterocycles. The zero-order valence-electron chi connectivity index (χ0n) is 21.9. The van der Waals surface area contributed by atoms with Gasteiger partial charge in [-0.15, -0.1) is 12.4 Å². The number of hydrogen-bond donors (Lipinski definition) is 6. The number of rotatable bonds is 10. The average molecular weight is 552 g/mol. The minimum absolute atomic E-state index is 0. The number of nitrogens with one attached hydrogen (secondary N) is 4. The second-order valence-corrected chi connectivity index (χ2v) is 10.2. The van der Waals surface area contributed by atoms with E-state index in [1.54, 1.807) is 24.3 Å². The molecule has 0 unspecified atom stereocenters. The molecule has 0 fully saturated rings. The summed E-state index contributed by atoms with van der Waals surface area (Å²) in [6.07, 6.45) is 0.634. The highest BCUT2D eigenvalue weighted by atomic mass is 35.5. The maximum Gasteiger partial charge on any atom is 0.317 e. The first-order valence-electron chi connectivity index (χ1n) is 12.6. The second kappa shape index (κ2) is 12.3. The molecular weight excluding hydrogens is 518 g/mol. The summed E-state index contributed by atoms with van der Waals surface area (Å²) >= 11 is 0. The molecule has 9 nitrogen and oxygen atoms in total. The van der Waals surface area contributed by atoms with Crippen LogP contribution in [-0.4, -0.2) is 46.9 Å². The summed E-state index contributed by atoms with van der Waals surface area (Å²) in [5.74, 6) is -2.02. The summed E-state index contributed by atoms with van der Waals surface area (Å²) in [7, 11) is 0. The molecule has 0 radical (unpaired) electrons. The standard InChI is InChI=1S/C29H33N5O4.ClH/c1-17(2)25(32-16-24(35)36)27(37)34-29(28(38)33-15-18-7-9-19(10-8-18)26(30)31)13-22-11-20-5-3-4-6-21(20)12-23(22)14-29;/h3-12,17,25,32H,13-16H2,1-2H3,(H3,30,31)(H,33,38)(H,34,37)(H,35,36);1H/t25-;/m1./s1. The van der Waals surface area contributed by atoms with E-state index in [1.165, 1.54) is 0 Å². The van der Waals surface area contributed by atoms with Crippen molar-refractivity contribution in [1.29, 1.82) is 5.41 Å². The van der Waals surface area contributed by atoms with Gasteiger partial charge in [0.1, 0.15) is 11.4 Å². The molecule has 3 aromatic carbocycles. The van der Waals surface area contributed by atoms with Crippen molar-refractivity contribution in [2.45, 2.75) is 44.8 Å². The Morgan fingerprint density at radius 2 is 1.56 bits per heavy atom. The van der Waals surface area contributed by atoms with Crippen LogP contribution in [0.5, 0.6) is 0 Å². The van der Waals surface area contributed by atoms with Crippen LogP contribution in [0.25, 0.3) is 10.8 Å². The number of halogens is 1. The Morgan fingerprint density at radius 3 is 2.05 bits per heavy atom. The molecule has 0 bridgehead atoms. The fourth-order valence-electron chi connectivity index (χ4n) is 4.98. The van der Waals surface area contributed by atoms with Gasteiger partial charge in [0.15, 0.2) is 0 Å². The summed E-state index contributed by atoms with van der Waals surface area (Å²) in [5.41, 5.74) is 7.70. The van der Waals surface area contributed by atoms with Crippen LogP contribution >= 0.6 is 12.4 Å². The molecule has 1 atom stereocenters. The topological polar surface area (TPSA) is 157 Å². The van der Waals surface area contributed by atoms with Crippen LogP contribution in [0.2, 0.25) is 0 Å². The van der Waals surface area contributed by atoms with Gasteiger partial charge in [-0.05, 0) is 33.4 Å². The predicted molar refractivity (Wildman–Crippen MR) is 153 cm³/mol. The largest absolute Gasteiger partial charge is 0.480 e. The third-order valence-electron chi connectivity index (χ3n) is 6.99. The van der Waals surface area contributed by atoms with Gasteiger partial charge in [0, 0.05) is 24.9 Å². The van der Waals surface area contributed by atoms with Gasteiger partial charge in [-0.2, -0.15) is 0 Å². The maximum atomic E-state index is 13.8. The van der Waals surface area contributed by atoms with Crippen molar-refractivity contribution in [3.05, 3.63) is 82.9 Å². The highest BCUT2D eigenvalue weighted by molar-refractivity contribution is 5.96. The van der Waals surface area contributed by atoms with E-state index in [9.17, 15) is 14.4 Å². The van der Waals surface area contributed by atoms with E-state index >= 15 is 0 Å². The molecule has 206 valence electrons. The molecule has 0 spiro atoms. The lowest BCUT2D eigenvalue weighted by Gasteiger charge is -2.32. The SMILES string of the molecule is CC(C)[C@@H](NCC(=O)O)C(=O)NC1(C(=O)NCc2ccc(C(=N)N)cc2)Cc2cc3ccccc3cc2C1.Cl. The van der Waals surface area contributed by atoms with Crippen LogP contribution in [0, 0.1) is 11.3 Å². The Labute approximate surface area is 233 Å². The quantitative estimate of drug-likeness (QED) is 0.168. The van der Waals surface area contributed by atoms with E-state index in [1.807, 2.05) is 38.1 Å². The van der Waals surface area contributed by atoms with Crippen molar-refractivity contribution in [1.82, 2.24) is 16.0 Å². The number of hydrogen-bond acceptors (Lipinski definition) is 5. The number of amides is 2. The monoisotopic (exact) mass is 551 g/mol. The Morgan fingerprint density at radius 1 is 1.00 bits per heavy atom. The highest BCUT2D eigenvalue weighted by Gasteiger charge is 2.46. The van der Waals surface area contributed by atoms with Gasteiger partial charge < -0.3 is 21.5 Å². The van der Waals surface area contributed by atoms with Crippen molar-refractivity contribution in [2.24, 2.45) is 11.7 Å². The van der Waals surface area contributed by atoms with E-state index in [-0.39, 0.29) is 43.2 Å². The van der Waals surface area contributed by atoms with Crippen molar-refractivity contribution in [2.75, 3.05) is 6.54 Å². The van der Waals surface area contributed by atoms with Crippen molar-refractivity contribution in [3.63, 3.8) is 0 Å². The van der Waals surface area contributed by atoms with Gasteiger partial charge in [0.25, 0.3) is 0 Å². The molecule has 7 N–H and O–H groups in total. The second-order valence-electron chi connectivity index (χ2n) is 10.2. The maximum absolute atomic E-state index is 13.8. The van der Waals surface area contributed by atoms with Gasteiger partial charge in [-0.3, -0.25) is 25.1 Å². The zero-order chi connectivity index (χ0) is 27.4. The van der Waals surface area contributed by atoms with Crippen LogP contribution in [0.3, 0.4) is 0 Å². The number of fused-ring (bicyclic) bond motifs is 2. The number of nitrogen functional groups attached to an aromatic ring is 1. The van der Waals surface area contributed by atoms with Crippen LogP contribution in [-0.2, 0) is 33.8 Å². The van der Waals surface area contributed by atoms with Crippen LogP contribution < -0.4 is 21.7 Å². The third-order valence-corrected chi connectivity index (χ3v) is 6.99. The smallest absolute Gasteiger partial charge is 0.317 e. The number of carbonyl (C=O) groups is 3. The number of carbonyl (C=O) groups excluding carboxylic acids is 2. The van der Waals surface area contributed by atoms with Gasteiger partial charge in [0.2, 0.25) is 11.8 Å². The zero-order valence-corrected chi connectivity index (χ0v) is 22.7. The minimum atomic E-state index is -1.23. The number of aliphatic carboxylic acids is 1. The first-order chi connectivity index (χ1) is 18.1. The molecule has 3 aromatic rings. The van der Waals surface area contributed by atoms with Crippen molar-refractivity contribution < 1.29 is 19.5 Å². The first-order valence-corrected chi connectivity index (χ1v) is 12.6. The summed E-state index contributed by atoms with van der Waals surface area (Å²) in [6.45, 7) is 3.52. The number of benzene rings is 3. The predicted octanol–water partition coefficient (Wildman–Crippen LogP) is 2.51.